The molecule has 0 amide bonds. The fourth-order valence-corrected chi connectivity index (χ4v) is 4.43. The first kappa shape index (κ1) is 17.6. The molecule has 4 aromatic rings. The second-order valence-corrected chi connectivity index (χ2v) is 7.55. The molecule has 3 aromatic carbocycles. The number of pyridine rings is 1. The molecule has 1 aromatic heterocycles. The van der Waals surface area contributed by atoms with E-state index in [-0.39, 0.29) is 11.3 Å². The van der Waals surface area contributed by atoms with E-state index in [1.165, 1.54) is 0 Å². The number of aromatic nitrogens is 1. The topological polar surface area (TPSA) is 39.1 Å². The van der Waals surface area contributed by atoms with Gasteiger partial charge < -0.3 is 4.57 Å². The number of rotatable bonds is 4. The number of benzene rings is 3. The summed E-state index contributed by atoms with van der Waals surface area (Å²) in [6.07, 6.45) is 0.835. The SMILES string of the molecule is CCC(=O)Cc1cccc2c(=O)n3c(c(-c4ccccc4)c12)-c1ccccc1C3. The van der Waals surface area contributed by atoms with E-state index in [4.69, 9.17) is 0 Å². The van der Waals surface area contributed by atoms with E-state index in [1.807, 2.05) is 60.0 Å². The van der Waals surface area contributed by atoms with E-state index in [2.05, 4.69) is 24.3 Å². The molecule has 29 heavy (non-hydrogen) atoms. The van der Waals surface area contributed by atoms with Gasteiger partial charge in [0.2, 0.25) is 0 Å². The zero-order chi connectivity index (χ0) is 20.0. The zero-order valence-corrected chi connectivity index (χ0v) is 16.3. The van der Waals surface area contributed by atoms with Crippen molar-refractivity contribution in [1.82, 2.24) is 4.57 Å². The zero-order valence-electron chi connectivity index (χ0n) is 16.3. The van der Waals surface area contributed by atoms with Crippen LogP contribution in [0.1, 0.15) is 24.5 Å². The minimum atomic E-state index is 0.0108. The molecule has 0 spiro atoms. The Morgan fingerprint density at radius 3 is 2.48 bits per heavy atom. The Bertz CT molecular complexity index is 1320. The molecule has 5 rings (SSSR count). The van der Waals surface area contributed by atoms with Crippen molar-refractivity contribution >= 4 is 16.6 Å². The number of hydrogen-bond donors (Lipinski definition) is 0. The van der Waals surface area contributed by atoms with Crippen molar-refractivity contribution in [3.63, 3.8) is 0 Å². The molecule has 0 atom stereocenters. The summed E-state index contributed by atoms with van der Waals surface area (Å²) in [6, 6.07) is 24.2. The molecule has 0 N–H and O–H groups in total. The third-order valence-corrected chi connectivity index (χ3v) is 5.83. The maximum Gasteiger partial charge on any atom is 0.259 e. The van der Waals surface area contributed by atoms with E-state index in [0.717, 1.165) is 38.9 Å². The van der Waals surface area contributed by atoms with E-state index in [1.54, 1.807) is 0 Å². The summed E-state index contributed by atoms with van der Waals surface area (Å²) in [5.41, 5.74) is 6.26. The summed E-state index contributed by atoms with van der Waals surface area (Å²) in [7, 11) is 0. The van der Waals surface area contributed by atoms with Crippen LogP contribution in [0.3, 0.4) is 0 Å². The summed E-state index contributed by atoms with van der Waals surface area (Å²) >= 11 is 0. The average molecular weight is 379 g/mol. The summed E-state index contributed by atoms with van der Waals surface area (Å²) in [6.45, 7) is 2.46. The second-order valence-electron chi connectivity index (χ2n) is 7.55. The molecule has 0 unspecified atom stereocenters. The highest BCUT2D eigenvalue weighted by Gasteiger charge is 2.27. The minimum absolute atomic E-state index is 0.0108. The van der Waals surface area contributed by atoms with Gasteiger partial charge in [0, 0.05) is 34.7 Å². The van der Waals surface area contributed by atoms with Crippen LogP contribution in [0, 0.1) is 0 Å². The molecular weight excluding hydrogens is 358 g/mol. The molecule has 0 fully saturated rings. The monoisotopic (exact) mass is 379 g/mol. The molecular formula is C26H21NO2. The fraction of sp³-hybridized carbons (Fsp3) is 0.154. The van der Waals surface area contributed by atoms with Crippen LogP contribution >= 0.6 is 0 Å². The number of carbonyl (C=O) groups is 1. The Labute approximate surface area is 169 Å². The van der Waals surface area contributed by atoms with Gasteiger partial charge in [0.1, 0.15) is 5.78 Å². The summed E-state index contributed by atoms with van der Waals surface area (Å²) in [5.74, 6) is 0.178. The maximum absolute atomic E-state index is 13.5. The number of Topliss-reactive ketones (excluding diaryl/α,β-unsaturated/α-hetero) is 1. The minimum Gasteiger partial charge on any atom is -0.303 e. The number of hydrogen-bond acceptors (Lipinski definition) is 2. The predicted octanol–water partition coefficient (Wildman–Crippen LogP) is 5.22. The van der Waals surface area contributed by atoms with Crippen LogP contribution in [0.15, 0.2) is 77.6 Å². The Kier molecular flexibility index (Phi) is 4.17. The Hall–Kier alpha value is -3.46. The standard InChI is InChI=1S/C26H21NO2/c1-2-20(28)15-18-12-8-14-22-23(18)24(17-9-4-3-5-10-17)25-21-13-7-6-11-19(21)16-27(25)26(22)29/h3-14H,2,15-16H2,1H3. The molecule has 3 nitrogen and oxygen atoms in total. The fourth-order valence-electron chi connectivity index (χ4n) is 4.43. The molecule has 0 bridgehead atoms. The maximum atomic E-state index is 13.5. The van der Waals surface area contributed by atoms with Crippen molar-refractivity contribution in [3.8, 4) is 22.4 Å². The van der Waals surface area contributed by atoms with Crippen molar-refractivity contribution < 1.29 is 4.79 Å². The normalized spacial score (nSPS) is 12.0. The lowest BCUT2D eigenvalue weighted by molar-refractivity contribution is -0.118. The van der Waals surface area contributed by atoms with Gasteiger partial charge in [0.15, 0.2) is 0 Å². The van der Waals surface area contributed by atoms with Gasteiger partial charge in [-0.15, -0.1) is 0 Å². The summed E-state index contributed by atoms with van der Waals surface area (Å²) in [4.78, 5) is 25.8. The van der Waals surface area contributed by atoms with E-state index >= 15 is 0 Å². The third kappa shape index (κ3) is 2.73. The molecule has 3 heteroatoms. The molecule has 2 heterocycles. The van der Waals surface area contributed by atoms with E-state index in [9.17, 15) is 9.59 Å². The van der Waals surface area contributed by atoms with Gasteiger partial charge in [-0.1, -0.05) is 73.7 Å². The first-order valence-corrected chi connectivity index (χ1v) is 10.0. The van der Waals surface area contributed by atoms with Gasteiger partial charge in [-0.2, -0.15) is 0 Å². The third-order valence-electron chi connectivity index (χ3n) is 5.83. The number of carbonyl (C=O) groups excluding carboxylic acids is 1. The summed E-state index contributed by atoms with van der Waals surface area (Å²) < 4.78 is 1.89. The van der Waals surface area contributed by atoms with Gasteiger partial charge in [-0.25, -0.2) is 0 Å². The smallest absolute Gasteiger partial charge is 0.259 e. The Morgan fingerprint density at radius 2 is 1.69 bits per heavy atom. The quantitative estimate of drug-likeness (QED) is 0.429. The van der Waals surface area contributed by atoms with Gasteiger partial charge in [-0.05, 0) is 22.8 Å². The molecule has 142 valence electrons. The molecule has 0 saturated heterocycles. The summed E-state index contributed by atoms with van der Waals surface area (Å²) in [5, 5.41) is 1.59. The molecule has 1 aliphatic heterocycles. The van der Waals surface area contributed by atoms with Crippen molar-refractivity contribution in [2.45, 2.75) is 26.3 Å². The van der Waals surface area contributed by atoms with Crippen LogP contribution in [-0.2, 0) is 17.8 Å². The van der Waals surface area contributed by atoms with Gasteiger partial charge in [0.25, 0.3) is 5.56 Å². The van der Waals surface area contributed by atoms with Crippen LogP contribution in [0.2, 0.25) is 0 Å². The average Bonchev–Trinajstić information content (AvgIpc) is 3.15. The van der Waals surface area contributed by atoms with Crippen LogP contribution in [-0.4, -0.2) is 10.4 Å². The number of nitrogens with zero attached hydrogens (tertiary/aromatic N) is 1. The van der Waals surface area contributed by atoms with Crippen LogP contribution in [0.25, 0.3) is 33.2 Å². The highest BCUT2D eigenvalue weighted by atomic mass is 16.1. The van der Waals surface area contributed by atoms with Crippen molar-refractivity contribution in [1.29, 1.82) is 0 Å². The lowest BCUT2D eigenvalue weighted by Gasteiger charge is -2.17. The molecule has 0 saturated carbocycles. The highest BCUT2D eigenvalue weighted by Crippen LogP contribution is 2.42. The van der Waals surface area contributed by atoms with Crippen LogP contribution in [0.5, 0.6) is 0 Å². The largest absolute Gasteiger partial charge is 0.303 e. The van der Waals surface area contributed by atoms with Crippen molar-refractivity contribution in [2.24, 2.45) is 0 Å². The molecule has 0 radical (unpaired) electrons. The van der Waals surface area contributed by atoms with Crippen LogP contribution in [0.4, 0.5) is 0 Å². The lowest BCUT2D eigenvalue weighted by atomic mass is 9.90. The molecule has 1 aliphatic rings. The Balaban J connectivity index is 1.96. The first-order chi connectivity index (χ1) is 14.2. The van der Waals surface area contributed by atoms with Gasteiger partial charge in [0.05, 0.1) is 12.2 Å². The Morgan fingerprint density at radius 1 is 0.931 bits per heavy atom. The number of fused-ring (bicyclic) bond motifs is 4. The van der Waals surface area contributed by atoms with Gasteiger partial charge >= 0.3 is 0 Å². The molecule has 0 aliphatic carbocycles. The van der Waals surface area contributed by atoms with Crippen LogP contribution < -0.4 is 5.56 Å². The second kappa shape index (κ2) is 6.85. The lowest BCUT2D eigenvalue weighted by Crippen LogP contribution is -2.20. The highest BCUT2D eigenvalue weighted by molar-refractivity contribution is 6.06. The van der Waals surface area contributed by atoms with Crippen molar-refractivity contribution in [3.05, 3.63) is 94.3 Å². The predicted molar refractivity (Wildman–Crippen MR) is 117 cm³/mol. The number of ketones is 1. The van der Waals surface area contributed by atoms with Gasteiger partial charge in [-0.3, -0.25) is 9.59 Å². The first-order valence-electron chi connectivity index (χ1n) is 10.0. The van der Waals surface area contributed by atoms with E-state index in [0.29, 0.717) is 24.8 Å². The van der Waals surface area contributed by atoms with Crippen molar-refractivity contribution in [2.75, 3.05) is 0 Å². The van der Waals surface area contributed by atoms with E-state index < -0.39 is 0 Å².